The topological polar surface area (TPSA) is 0 Å². The SMILES string of the molecule is C[SiH2]CCCCl. The maximum absolute atomic E-state index is 5.40. The van der Waals surface area contributed by atoms with Gasteiger partial charge >= 0.3 is 0 Å². The molecule has 38 valence electrons. The third-order valence-electron chi connectivity index (χ3n) is 0.737. The third kappa shape index (κ3) is 4.51. The van der Waals surface area contributed by atoms with Gasteiger partial charge in [0.2, 0.25) is 0 Å². The summed E-state index contributed by atoms with van der Waals surface area (Å²) < 4.78 is 0. The van der Waals surface area contributed by atoms with Crippen LogP contribution in [-0.2, 0) is 0 Å². The van der Waals surface area contributed by atoms with E-state index >= 15 is 0 Å². The summed E-state index contributed by atoms with van der Waals surface area (Å²) in [5.41, 5.74) is 0. The highest BCUT2D eigenvalue weighted by molar-refractivity contribution is 6.33. The van der Waals surface area contributed by atoms with Crippen molar-refractivity contribution in [3.63, 3.8) is 0 Å². The molecule has 0 unspecified atom stereocenters. The van der Waals surface area contributed by atoms with Crippen LogP contribution in [0.1, 0.15) is 6.42 Å². The Morgan fingerprint density at radius 1 is 1.67 bits per heavy atom. The summed E-state index contributed by atoms with van der Waals surface area (Å²) in [6.07, 6.45) is 1.24. The lowest BCUT2D eigenvalue weighted by Gasteiger charge is -1.83. The minimum atomic E-state index is 0.319. The fourth-order valence-corrected chi connectivity index (χ4v) is 1.60. The Morgan fingerprint density at radius 2 is 2.33 bits per heavy atom. The van der Waals surface area contributed by atoms with Gasteiger partial charge in [-0.3, -0.25) is 0 Å². The van der Waals surface area contributed by atoms with E-state index in [0.717, 1.165) is 5.88 Å². The molecule has 0 aliphatic rings. The summed E-state index contributed by atoms with van der Waals surface area (Å²) in [6, 6.07) is 1.42. The van der Waals surface area contributed by atoms with E-state index in [0.29, 0.717) is 9.52 Å². The van der Waals surface area contributed by atoms with Crippen LogP contribution in [0.15, 0.2) is 0 Å². The van der Waals surface area contributed by atoms with E-state index in [1.807, 2.05) is 0 Å². The van der Waals surface area contributed by atoms with Gasteiger partial charge in [-0.1, -0.05) is 12.6 Å². The van der Waals surface area contributed by atoms with Crippen molar-refractivity contribution in [2.75, 3.05) is 5.88 Å². The molecule has 0 amide bonds. The van der Waals surface area contributed by atoms with E-state index in [-0.39, 0.29) is 0 Å². The van der Waals surface area contributed by atoms with Crippen LogP contribution in [0, 0.1) is 0 Å². The summed E-state index contributed by atoms with van der Waals surface area (Å²) in [7, 11) is 0.319. The standard InChI is InChI=1S/C4H11ClSi/c1-6-4-2-3-5/h2-4,6H2,1H3. The molecule has 0 rings (SSSR count). The van der Waals surface area contributed by atoms with Crippen LogP contribution < -0.4 is 0 Å². The first-order valence-electron chi connectivity index (χ1n) is 2.47. The van der Waals surface area contributed by atoms with E-state index in [1.54, 1.807) is 0 Å². The fraction of sp³-hybridized carbons (Fsp3) is 1.00. The Kier molecular flexibility index (Phi) is 5.97. The zero-order valence-electron chi connectivity index (χ0n) is 4.21. The summed E-state index contributed by atoms with van der Waals surface area (Å²) in [6.45, 7) is 2.31. The molecule has 0 radical (unpaired) electrons. The highest BCUT2D eigenvalue weighted by Gasteiger charge is 1.77. The lowest BCUT2D eigenvalue weighted by atomic mass is 10.6. The molecular formula is C4H11ClSi. The van der Waals surface area contributed by atoms with Gasteiger partial charge in [0.15, 0.2) is 0 Å². The van der Waals surface area contributed by atoms with Gasteiger partial charge < -0.3 is 0 Å². The summed E-state index contributed by atoms with van der Waals surface area (Å²) in [5.74, 6) is 0.862. The first-order chi connectivity index (χ1) is 2.91. The Labute approximate surface area is 46.7 Å². The molecule has 0 N–H and O–H groups in total. The van der Waals surface area contributed by atoms with Gasteiger partial charge in [-0.25, -0.2) is 0 Å². The van der Waals surface area contributed by atoms with Gasteiger partial charge in [-0.15, -0.1) is 11.6 Å². The monoisotopic (exact) mass is 122 g/mol. The van der Waals surface area contributed by atoms with E-state index in [4.69, 9.17) is 11.6 Å². The molecule has 0 aliphatic heterocycles. The maximum atomic E-state index is 5.40. The Hall–Kier alpha value is 0.507. The van der Waals surface area contributed by atoms with Crippen LogP contribution in [0.3, 0.4) is 0 Å². The maximum Gasteiger partial charge on any atom is 0.0220 e. The van der Waals surface area contributed by atoms with Gasteiger partial charge in [0.1, 0.15) is 0 Å². The van der Waals surface area contributed by atoms with Gasteiger partial charge in [0.25, 0.3) is 0 Å². The quantitative estimate of drug-likeness (QED) is 0.300. The number of hydrogen-bond donors (Lipinski definition) is 0. The van der Waals surface area contributed by atoms with Crippen LogP contribution in [-0.4, -0.2) is 15.4 Å². The number of halogens is 1. The largest absolute Gasteiger partial charge is 0.127 e. The molecule has 0 aliphatic carbocycles. The highest BCUT2D eigenvalue weighted by Crippen LogP contribution is 1.89. The van der Waals surface area contributed by atoms with Gasteiger partial charge in [-0.05, 0) is 6.42 Å². The fourth-order valence-electron chi connectivity index (χ4n) is 0.344. The van der Waals surface area contributed by atoms with Crippen molar-refractivity contribution >= 4 is 21.1 Å². The zero-order chi connectivity index (χ0) is 4.83. The molecule has 0 saturated carbocycles. The average molecular weight is 123 g/mol. The molecule has 6 heavy (non-hydrogen) atoms. The van der Waals surface area contributed by atoms with Gasteiger partial charge in [0.05, 0.1) is 0 Å². The minimum absolute atomic E-state index is 0.319. The summed E-state index contributed by atoms with van der Waals surface area (Å²) in [4.78, 5) is 0. The molecule has 0 saturated heterocycles. The van der Waals surface area contributed by atoms with Crippen molar-refractivity contribution in [2.24, 2.45) is 0 Å². The number of rotatable bonds is 3. The predicted molar refractivity (Wildman–Crippen MR) is 34.6 cm³/mol. The van der Waals surface area contributed by atoms with Crippen molar-refractivity contribution in [3.8, 4) is 0 Å². The lowest BCUT2D eigenvalue weighted by Crippen LogP contribution is -1.79. The lowest BCUT2D eigenvalue weighted by molar-refractivity contribution is 1.08. The van der Waals surface area contributed by atoms with Crippen LogP contribution in [0.5, 0.6) is 0 Å². The van der Waals surface area contributed by atoms with E-state index < -0.39 is 0 Å². The van der Waals surface area contributed by atoms with Crippen molar-refractivity contribution < 1.29 is 0 Å². The number of alkyl halides is 1. The van der Waals surface area contributed by atoms with Crippen LogP contribution in [0.25, 0.3) is 0 Å². The van der Waals surface area contributed by atoms with Gasteiger partial charge in [-0.2, -0.15) is 0 Å². The molecule has 0 bridgehead atoms. The molecular weight excluding hydrogens is 112 g/mol. The molecule has 0 spiro atoms. The molecule has 0 heterocycles. The molecule has 0 fully saturated rings. The summed E-state index contributed by atoms with van der Waals surface area (Å²) in [5, 5.41) is 0. The first-order valence-corrected chi connectivity index (χ1v) is 5.42. The van der Waals surface area contributed by atoms with Crippen LogP contribution >= 0.6 is 11.6 Å². The second-order valence-corrected chi connectivity index (χ2v) is 3.48. The number of hydrogen-bond acceptors (Lipinski definition) is 0. The Morgan fingerprint density at radius 3 is 2.50 bits per heavy atom. The van der Waals surface area contributed by atoms with E-state index in [9.17, 15) is 0 Å². The molecule has 0 nitrogen and oxygen atoms in total. The third-order valence-corrected chi connectivity index (χ3v) is 2.21. The molecule has 2 heteroatoms. The Balaban J connectivity index is 2.34. The molecule has 0 aromatic carbocycles. The second-order valence-electron chi connectivity index (χ2n) is 1.40. The van der Waals surface area contributed by atoms with Crippen LogP contribution in [0.4, 0.5) is 0 Å². The smallest absolute Gasteiger partial charge is 0.0220 e. The van der Waals surface area contributed by atoms with Crippen molar-refractivity contribution in [1.82, 2.24) is 0 Å². The molecule has 0 aromatic rings. The molecule has 0 aromatic heterocycles. The zero-order valence-corrected chi connectivity index (χ0v) is 6.38. The van der Waals surface area contributed by atoms with Crippen molar-refractivity contribution in [2.45, 2.75) is 19.0 Å². The normalized spacial score (nSPS) is 11.0. The van der Waals surface area contributed by atoms with E-state index in [1.165, 1.54) is 12.5 Å². The Bertz CT molecular complexity index is 19.5. The van der Waals surface area contributed by atoms with Crippen LogP contribution in [0.2, 0.25) is 12.6 Å². The van der Waals surface area contributed by atoms with Crippen molar-refractivity contribution in [3.05, 3.63) is 0 Å². The van der Waals surface area contributed by atoms with Gasteiger partial charge in [0, 0.05) is 15.4 Å². The highest BCUT2D eigenvalue weighted by atomic mass is 35.5. The second kappa shape index (κ2) is 5.51. The molecule has 0 atom stereocenters. The minimum Gasteiger partial charge on any atom is -0.127 e. The first kappa shape index (κ1) is 6.51. The van der Waals surface area contributed by atoms with Crippen molar-refractivity contribution in [1.29, 1.82) is 0 Å². The predicted octanol–water partition coefficient (Wildman–Crippen LogP) is 1.25. The average Bonchev–Trinajstić information content (AvgIpc) is 1.61. The van der Waals surface area contributed by atoms with E-state index in [2.05, 4.69) is 6.55 Å². The summed E-state index contributed by atoms with van der Waals surface area (Å²) >= 11 is 5.40.